The lowest BCUT2D eigenvalue weighted by molar-refractivity contribution is 0.603. The molecular weight excluding hydrogens is 174 g/mol. The van der Waals surface area contributed by atoms with Crippen molar-refractivity contribution in [2.24, 2.45) is 0 Å². The average molecular weight is 187 g/mol. The topological polar surface area (TPSA) is 39.2 Å². The molecule has 0 fully saturated rings. The molecule has 2 heteroatoms. The van der Waals surface area contributed by atoms with Gasteiger partial charge in [0.25, 0.3) is 0 Å². The van der Waals surface area contributed by atoms with E-state index in [1.165, 1.54) is 5.56 Å². The van der Waals surface area contributed by atoms with Gasteiger partial charge in [-0.3, -0.25) is 0 Å². The van der Waals surface area contributed by atoms with Gasteiger partial charge in [-0.05, 0) is 18.1 Å². The number of rotatable bonds is 2. The largest absolute Gasteiger partial charge is 0.441 e. The van der Waals surface area contributed by atoms with E-state index < -0.39 is 0 Å². The Morgan fingerprint density at radius 3 is 2.29 bits per heavy atom. The molecule has 14 heavy (non-hydrogen) atoms. The van der Waals surface area contributed by atoms with E-state index in [9.17, 15) is 0 Å². The number of furan rings is 1. The van der Waals surface area contributed by atoms with Crippen LogP contribution in [0.15, 0.2) is 40.8 Å². The van der Waals surface area contributed by atoms with Crippen LogP contribution in [0.5, 0.6) is 0 Å². The monoisotopic (exact) mass is 187 g/mol. The number of anilines is 1. The van der Waals surface area contributed by atoms with Crippen LogP contribution >= 0.6 is 0 Å². The van der Waals surface area contributed by atoms with Gasteiger partial charge in [0.05, 0.1) is 0 Å². The Bertz CT molecular complexity index is 414. The summed E-state index contributed by atoms with van der Waals surface area (Å²) >= 11 is 0. The van der Waals surface area contributed by atoms with Crippen molar-refractivity contribution < 1.29 is 4.42 Å². The molecule has 2 N–H and O–H groups in total. The van der Waals surface area contributed by atoms with Gasteiger partial charge in [0, 0.05) is 11.6 Å². The van der Waals surface area contributed by atoms with Gasteiger partial charge in [-0.1, -0.05) is 31.2 Å². The van der Waals surface area contributed by atoms with E-state index in [0.717, 1.165) is 17.7 Å². The first kappa shape index (κ1) is 8.88. The molecule has 2 nitrogen and oxygen atoms in total. The van der Waals surface area contributed by atoms with Crippen molar-refractivity contribution in [2.45, 2.75) is 13.3 Å². The van der Waals surface area contributed by atoms with E-state index in [0.29, 0.717) is 5.88 Å². The van der Waals surface area contributed by atoms with Crippen molar-refractivity contribution in [3.8, 4) is 11.3 Å². The molecule has 1 heterocycles. The highest BCUT2D eigenvalue weighted by Crippen LogP contribution is 2.23. The minimum absolute atomic E-state index is 0.458. The van der Waals surface area contributed by atoms with Gasteiger partial charge in [0.15, 0.2) is 5.88 Å². The molecule has 2 rings (SSSR count). The van der Waals surface area contributed by atoms with Crippen LogP contribution in [-0.2, 0) is 6.42 Å². The molecule has 0 aliphatic rings. The minimum Gasteiger partial charge on any atom is -0.441 e. The minimum atomic E-state index is 0.458. The van der Waals surface area contributed by atoms with Gasteiger partial charge in [-0.2, -0.15) is 0 Å². The second kappa shape index (κ2) is 3.58. The summed E-state index contributed by atoms with van der Waals surface area (Å²) in [7, 11) is 0. The molecule has 1 aromatic heterocycles. The maximum atomic E-state index is 5.51. The molecule has 0 spiro atoms. The summed E-state index contributed by atoms with van der Waals surface area (Å²) < 4.78 is 5.32. The standard InChI is InChI=1S/C12H13NO/c1-2-9-3-5-10(6-4-9)11-7-8-12(13)14-11/h3-8H,2,13H2,1H3. The molecule has 0 unspecified atom stereocenters. The molecule has 0 saturated heterocycles. The number of benzene rings is 1. The highest BCUT2D eigenvalue weighted by atomic mass is 16.3. The Kier molecular flexibility index (Phi) is 2.27. The fourth-order valence-electron chi connectivity index (χ4n) is 1.41. The summed E-state index contributed by atoms with van der Waals surface area (Å²) in [4.78, 5) is 0. The first-order valence-electron chi connectivity index (χ1n) is 4.74. The summed E-state index contributed by atoms with van der Waals surface area (Å²) in [6, 6.07) is 12.0. The van der Waals surface area contributed by atoms with E-state index in [4.69, 9.17) is 10.2 Å². The van der Waals surface area contributed by atoms with Crippen molar-refractivity contribution in [1.29, 1.82) is 0 Å². The van der Waals surface area contributed by atoms with Crippen molar-refractivity contribution >= 4 is 5.88 Å². The maximum Gasteiger partial charge on any atom is 0.190 e. The molecule has 1 aromatic carbocycles. The van der Waals surface area contributed by atoms with Crippen LogP contribution in [0.1, 0.15) is 12.5 Å². The van der Waals surface area contributed by atoms with Crippen LogP contribution in [0.3, 0.4) is 0 Å². The highest BCUT2D eigenvalue weighted by molar-refractivity contribution is 5.59. The number of hydrogen-bond donors (Lipinski definition) is 1. The van der Waals surface area contributed by atoms with Crippen LogP contribution < -0.4 is 5.73 Å². The van der Waals surface area contributed by atoms with Gasteiger partial charge < -0.3 is 10.2 Å². The van der Waals surface area contributed by atoms with Gasteiger partial charge in [-0.15, -0.1) is 0 Å². The van der Waals surface area contributed by atoms with Gasteiger partial charge in [0.2, 0.25) is 0 Å². The fraction of sp³-hybridized carbons (Fsp3) is 0.167. The summed E-state index contributed by atoms with van der Waals surface area (Å²) in [5.41, 5.74) is 7.90. The third-order valence-electron chi connectivity index (χ3n) is 2.27. The highest BCUT2D eigenvalue weighted by Gasteiger charge is 2.01. The molecule has 2 aromatic rings. The van der Waals surface area contributed by atoms with E-state index in [1.807, 2.05) is 6.07 Å². The Hall–Kier alpha value is -1.70. The predicted molar refractivity (Wildman–Crippen MR) is 57.9 cm³/mol. The Morgan fingerprint density at radius 2 is 1.79 bits per heavy atom. The summed E-state index contributed by atoms with van der Waals surface area (Å²) in [5.74, 6) is 1.28. The predicted octanol–water partition coefficient (Wildman–Crippen LogP) is 3.09. The Morgan fingerprint density at radius 1 is 1.07 bits per heavy atom. The van der Waals surface area contributed by atoms with Crippen molar-refractivity contribution in [2.75, 3.05) is 5.73 Å². The van der Waals surface area contributed by atoms with Crippen LogP contribution in [0.4, 0.5) is 5.88 Å². The summed E-state index contributed by atoms with van der Waals surface area (Å²) in [6.07, 6.45) is 1.06. The molecule has 72 valence electrons. The number of nitrogen functional groups attached to an aromatic ring is 1. The van der Waals surface area contributed by atoms with Crippen molar-refractivity contribution in [3.05, 3.63) is 42.0 Å². The molecule has 0 aliphatic heterocycles. The van der Waals surface area contributed by atoms with Crippen LogP contribution in [0.25, 0.3) is 11.3 Å². The second-order valence-corrected chi connectivity index (χ2v) is 3.25. The third-order valence-corrected chi connectivity index (χ3v) is 2.27. The molecular formula is C12H13NO. The van der Waals surface area contributed by atoms with Crippen LogP contribution in [0, 0.1) is 0 Å². The lowest BCUT2D eigenvalue weighted by Crippen LogP contribution is -1.80. The number of aryl methyl sites for hydroxylation is 1. The van der Waals surface area contributed by atoms with Gasteiger partial charge in [-0.25, -0.2) is 0 Å². The SMILES string of the molecule is CCc1ccc(-c2ccc(N)o2)cc1. The van der Waals surface area contributed by atoms with E-state index >= 15 is 0 Å². The molecule has 0 radical (unpaired) electrons. The molecule has 0 aliphatic carbocycles. The first-order chi connectivity index (χ1) is 6.79. The van der Waals surface area contributed by atoms with E-state index in [-0.39, 0.29) is 0 Å². The fourth-order valence-corrected chi connectivity index (χ4v) is 1.41. The van der Waals surface area contributed by atoms with Gasteiger partial charge in [0.1, 0.15) is 5.76 Å². The van der Waals surface area contributed by atoms with Crippen LogP contribution in [-0.4, -0.2) is 0 Å². The normalized spacial score (nSPS) is 10.4. The zero-order valence-electron chi connectivity index (χ0n) is 8.16. The summed E-state index contributed by atoms with van der Waals surface area (Å²) in [6.45, 7) is 2.14. The van der Waals surface area contributed by atoms with Crippen molar-refractivity contribution in [1.82, 2.24) is 0 Å². The molecule has 0 bridgehead atoms. The molecule has 0 saturated carbocycles. The maximum absolute atomic E-state index is 5.51. The zero-order valence-corrected chi connectivity index (χ0v) is 8.16. The lowest BCUT2D eigenvalue weighted by Gasteiger charge is -1.98. The number of hydrogen-bond acceptors (Lipinski definition) is 2. The van der Waals surface area contributed by atoms with Crippen LogP contribution in [0.2, 0.25) is 0 Å². The quantitative estimate of drug-likeness (QED) is 0.784. The van der Waals surface area contributed by atoms with E-state index in [2.05, 4.69) is 31.2 Å². The lowest BCUT2D eigenvalue weighted by atomic mass is 10.1. The van der Waals surface area contributed by atoms with Gasteiger partial charge >= 0.3 is 0 Å². The summed E-state index contributed by atoms with van der Waals surface area (Å²) in [5, 5.41) is 0. The second-order valence-electron chi connectivity index (χ2n) is 3.25. The average Bonchev–Trinajstić information content (AvgIpc) is 2.65. The van der Waals surface area contributed by atoms with E-state index in [1.54, 1.807) is 6.07 Å². The molecule has 0 amide bonds. The smallest absolute Gasteiger partial charge is 0.190 e. The first-order valence-corrected chi connectivity index (χ1v) is 4.74. The van der Waals surface area contributed by atoms with Crippen molar-refractivity contribution in [3.63, 3.8) is 0 Å². The Balaban J connectivity index is 2.33. The Labute approximate surface area is 83.4 Å². The third kappa shape index (κ3) is 1.64. The molecule has 0 atom stereocenters. The zero-order chi connectivity index (χ0) is 9.97. The number of nitrogens with two attached hydrogens (primary N) is 1.